The summed E-state index contributed by atoms with van der Waals surface area (Å²) in [6, 6.07) is 4.46. The highest BCUT2D eigenvalue weighted by Crippen LogP contribution is 2.30. The average molecular weight is 239 g/mol. The van der Waals surface area contributed by atoms with Crippen LogP contribution in [0.25, 0.3) is 0 Å². The van der Waals surface area contributed by atoms with Crippen LogP contribution in [0.1, 0.15) is 50.8 Å². The van der Waals surface area contributed by atoms with E-state index in [-0.39, 0.29) is 0 Å². The van der Waals surface area contributed by atoms with Crippen molar-refractivity contribution in [2.24, 2.45) is 5.92 Å². The molecular weight excluding hydrogens is 214 g/mol. The maximum absolute atomic E-state index is 3.57. The van der Waals surface area contributed by atoms with Crippen molar-refractivity contribution in [3.63, 3.8) is 0 Å². The molecule has 1 heterocycles. The molecule has 2 heteroatoms. The molecule has 2 unspecified atom stereocenters. The zero-order chi connectivity index (χ0) is 11.8. The summed E-state index contributed by atoms with van der Waals surface area (Å²) in [5.41, 5.74) is 0. The minimum absolute atomic E-state index is 0.700. The van der Waals surface area contributed by atoms with Gasteiger partial charge in [-0.15, -0.1) is 11.3 Å². The quantitative estimate of drug-likeness (QED) is 0.668. The number of rotatable bonds is 8. The smallest absolute Gasteiger partial charge is 0.00915 e. The summed E-state index contributed by atoms with van der Waals surface area (Å²) >= 11 is 1.90. The Morgan fingerprint density at radius 3 is 2.69 bits per heavy atom. The minimum atomic E-state index is 0.700. The van der Waals surface area contributed by atoms with E-state index >= 15 is 0 Å². The van der Waals surface area contributed by atoms with E-state index in [9.17, 15) is 0 Å². The Morgan fingerprint density at radius 2 is 2.12 bits per heavy atom. The van der Waals surface area contributed by atoms with Gasteiger partial charge < -0.3 is 5.32 Å². The van der Waals surface area contributed by atoms with Crippen molar-refractivity contribution < 1.29 is 0 Å². The standard InChI is InChI=1S/C14H25NS/c1-4-7-12(3)13(11-15-9-5-2)14-8-6-10-16-14/h6,8,10,12-13,15H,4-5,7,9,11H2,1-3H3. The molecule has 92 valence electrons. The molecule has 0 bridgehead atoms. The summed E-state index contributed by atoms with van der Waals surface area (Å²) in [5.74, 6) is 1.49. The van der Waals surface area contributed by atoms with E-state index < -0.39 is 0 Å². The largest absolute Gasteiger partial charge is 0.316 e. The fourth-order valence-electron chi connectivity index (χ4n) is 2.18. The number of hydrogen-bond acceptors (Lipinski definition) is 2. The topological polar surface area (TPSA) is 12.0 Å². The van der Waals surface area contributed by atoms with Gasteiger partial charge in [0.05, 0.1) is 0 Å². The van der Waals surface area contributed by atoms with Crippen molar-refractivity contribution in [2.75, 3.05) is 13.1 Å². The first-order valence-electron chi connectivity index (χ1n) is 6.53. The lowest BCUT2D eigenvalue weighted by Gasteiger charge is -2.23. The van der Waals surface area contributed by atoms with Crippen LogP contribution >= 0.6 is 11.3 Å². The molecule has 0 amide bonds. The second-order valence-electron chi connectivity index (χ2n) is 4.59. The van der Waals surface area contributed by atoms with Gasteiger partial charge in [0, 0.05) is 17.3 Å². The predicted molar refractivity (Wildman–Crippen MR) is 74.3 cm³/mol. The van der Waals surface area contributed by atoms with E-state index in [0.29, 0.717) is 5.92 Å². The maximum Gasteiger partial charge on any atom is 0.00915 e. The molecule has 0 radical (unpaired) electrons. The minimum Gasteiger partial charge on any atom is -0.316 e. The molecular formula is C14H25NS. The van der Waals surface area contributed by atoms with E-state index in [4.69, 9.17) is 0 Å². The summed E-state index contributed by atoms with van der Waals surface area (Å²) < 4.78 is 0. The molecule has 0 spiro atoms. The Balaban J connectivity index is 2.54. The van der Waals surface area contributed by atoms with Crippen LogP contribution in [0.15, 0.2) is 17.5 Å². The predicted octanol–water partition coefficient (Wildman–Crippen LogP) is 4.27. The Morgan fingerprint density at radius 1 is 1.31 bits per heavy atom. The maximum atomic E-state index is 3.57. The van der Waals surface area contributed by atoms with Crippen LogP contribution in [0.3, 0.4) is 0 Å². The second kappa shape index (κ2) is 7.86. The Kier molecular flexibility index (Phi) is 6.74. The summed E-state index contributed by atoms with van der Waals surface area (Å²) in [7, 11) is 0. The van der Waals surface area contributed by atoms with E-state index in [1.807, 2.05) is 11.3 Å². The van der Waals surface area contributed by atoms with Crippen LogP contribution in [0.4, 0.5) is 0 Å². The van der Waals surface area contributed by atoms with Gasteiger partial charge in [0.2, 0.25) is 0 Å². The van der Waals surface area contributed by atoms with Crippen molar-refractivity contribution in [2.45, 2.75) is 46.0 Å². The zero-order valence-corrected chi connectivity index (χ0v) is 11.6. The third-order valence-electron chi connectivity index (χ3n) is 3.13. The second-order valence-corrected chi connectivity index (χ2v) is 5.57. The SMILES string of the molecule is CCCNCC(c1cccs1)C(C)CCC. The van der Waals surface area contributed by atoms with Crippen LogP contribution in [0, 0.1) is 5.92 Å². The highest BCUT2D eigenvalue weighted by atomic mass is 32.1. The summed E-state index contributed by atoms with van der Waals surface area (Å²) in [4.78, 5) is 1.55. The number of nitrogens with one attached hydrogen (secondary N) is 1. The molecule has 16 heavy (non-hydrogen) atoms. The van der Waals surface area contributed by atoms with Gasteiger partial charge in [0.15, 0.2) is 0 Å². The van der Waals surface area contributed by atoms with Crippen molar-refractivity contribution in [1.29, 1.82) is 0 Å². The first kappa shape index (κ1) is 13.7. The van der Waals surface area contributed by atoms with E-state index in [0.717, 1.165) is 19.0 Å². The van der Waals surface area contributed by atoms with Crippen molar-refractivity contribution in [1.82, 2.24) is 5.32 Å². The molecule has 1 rings (SSSR count). The van der Waals surface area contributed by atoms with Crippen molar-refractivity contribution in [3.8, 4) is 0 Å². The molecule has 0 aliphatic heterocycles. The first-order chi connectivity index (χ1) is 7.79. The number of hydrogen-bond donors (Lipinski definition) is 1. The van der Waals surface area contributed by atoms with Gasteiger partial charge in [-0.1, -0.05) is 39.7 Å². The third-order valence-corrected chi connectivity index (χ3v) is 4.13. The summed E-state index contributed by atoms with van der Waals surface area (Å²) in [6.07, 6.45) is 3.84. The Labute approximate surface area is 104 Å². The number of thiophene rings is 1. The van der Waals surface area contributed by atoms with Gasteiger partial charge in [0.25, 0.3) is 0 Å². The van der Waals surface area contributed by atoms with Crippen LogP contribution in [-0.2, 0) is 0 Å². The fourth-order valence-corrected chi connectivity index (χ4v) is 3.14. The fraction of sp³-hybridized carbons (Fsp3) is 0.714. The lowest BCUT2D eigenvalue weighted by atomic mass is 9.89. The Hall–Kier alpha value is -0.340. The molecule has 1 N–H and O–H groups in total. The molecule has 0 aliphatic carbocycles. The van der Waals surface area contributed by atoms with Gasteiger partial charge in [-0.2, -0.15) is 0 Å². The lowest BCUT2D eigenvalue weighted by molar-refractivity contribution is 0.408. The van der Waals surface area contributed by atoms with Gasteiger partial charge >= 0.3 is 0 Å². The first-order valence-corrected chi connectivity index (χ1v) is 7.41. The molecule has 1 nitrogen and oxygen atoms in total. The van der Waals surface area contributed by atoms with Crippen LogP contribution in [0.5, 0.6) is 0 Å². The molecule has 0 saturated carbocycles. The molecule has 2 atom stereocenters. The zero-order valence-electron chi connectivity index (χ0n) is 10.8. The van der Waals surface area contributed by atoms with Gasteiger partial charge in [0.1, 0.15) is 0 Å². The summed E-state index contributed by atoms with van der Waals surface area (Å²) in [5, 5.41) is 5.76. The Bertz CT molecular complexity index is 256. The van der Waals surface area contributed by atoms with Crippen LogP contribution in [-0.4, -0.2) is 13.1 Å². The van der Waals surface area contributed by atoms with Gasteiger partial charge in [-0.05, 0) is 30.3 Å². The molecule has 0 aliphatic rings. The highest BCUT2D eigenvalue weighted by Gasteiger charge is 2.18. The third kappa shape index (κ3) is 4.26. The summed E-state index contributed by atoms with van der Waals surface area (Å²) in [6.45, 7) is 9.17. The van der Waals surface area contributed by atoms with Crippen LogP contribution in [0.2, 0.25) is 0 Å². The highest BCUT2D eigenvalue weighted by molar-refractivity contribution is 7.10. The van der Waals surface area contributed by atoms with Crippen molar-refractivity contribution >= 4 is 11.3 Å². The molecule has 0 aromatic carbocycles. The van der Waals surface area contributed by atoms with Crippen molar-refractivity contribution in [3.05, 3.63) is 22.4 Å². The molecule has 0 fully saturated rings. The molecule has 1 aromatic heterocycles. The monoisotopic (exact) mass is 239 g/mol. The van der Waals surface area contributed by atoms with E-state index in [1.165, 1.54) is 19.3 Å². The van der Waals surface area contributed by atoms with Gasteiger partial charge in [-0.3, -0.25) is 0 Å². The molecule has 1 aromatic rings. The molecule has 0 saturated heterocycles. The van der Waals surface area contributed by atoms with E-state index in [1.54, 1.807) is 4.88 Å². The van der Waals surface area contributed by atoms with E-state index in [2.05, 4.69) is 43.6 Å². The lowest BCUT2D eigenvalue weighted by Crippen LogP contribution is -2.25. The van der Waals surface area contributed by atoms with Gasteiger partial charge in [-0.25, -0.2) is 0 Å². The average Bonchev–Trinajstić information content (AvgIpc) is 2.78. The normalized spacial score (nSPS) is 14.9. The van der Waals surface area contributed by atoms with Crippen LogP contribution < -0.4 is 5.32 Å².